The van der Waals surface area contributed by atoms with Gasteiger partial charge in [0.1, 0.15) is 11.2 Å². The van der Waals surface area contributed by atoms with Crippen LogP contribution >= 0.6 is 0 Å². The molecule has 3 heteroatoms. The summed E-state index contributed by atoms with van der Waals surface area (Å²) in [6.45, 7) is 0. The summed E-state index contributed by atoms with van der Waals surface area (Å²) in [5.74, 6) is 0. The van der Waals surface area contributed by atoms with E-state index in [9.17, 15) is 0 Å². The molecule has 10 rings (SSSR count). The molecule has 3 heterocycles. The van der Waals surface area contributed by atoms with E-state index in [-0.39, 0.29) is 0 Å². The fourth-order valence-corrected chi connectivity index (χ4v) is 7.23. The van der Waals surface area contributed by atoms with Crippen molar-refractivity contribution in [3.63, 3.8) is 0 Å². The minimum absolute atomic E-state index is 0.898. The predicted molar refractivity (Wildman–Crippen MR) is 184 cm³/mol. The van der Waals surface area contributed by atoms with Gasteiger partial charge in [-0.2, -0.15) is 0 Å². The molecule has 0 N–H and O–H groups in total. The number of furan rings is 1. The van der Waals surface area contributed by atoms with Crippen LogP contribution in [0.4, 0.5) is 0 Å². The normalized spacial score (nSPS) is 12.1. The zero-order chi connectivity index (χ0) is 28.8. The molecule has 10 aromatic rings. The van der Waals surface area contributed by atoms with E-state index in [4.69, 9.17) is 9.40 Å². The van der Waals surface area contributed by atoms with E-state index < -0.39 is 0 Å². The lowest BCUT2D eigenvalue weighted by molar-refractivity contribution is 0.669. The maximum Gasteiger partial charge on any atom is 0.136 e. The minimum Gasteiger partial charge on any atom is -0.456 e. The summed E-state index contributed by atoms with van der Waals surface area (Å²) in [6.07, 6.45) is 2.04. The zero-order valence-electron chi connectivity index (χ0n) is 23.7. The first kappa shape index (κ1) is 23.6. The van der Waals surface area contributed by atoms with Crippen LogP contribution in [0.5, 0.6) is 0 Å². The summed E-state index contributed by atoms with van der Waals surface area (Å²) >= 11 is 0. The molecule has 0 aliphatic rings. The molecule has 204 valence electrons. The van der Waals surface area contributed by atoms with Crippen LogP contribution in [-0.2, 0) is 0 Å². The second kappa shape index (κ2) is 8.79. The van der Waals surface area contributed by atoms with Crippen molar-refractivity contribution >= 4 is 76.2 Å². The van der Waals surface area contributed by atoms with Crippen LogP contribution in [0, 0.1) is 0 Å². The standard InChI is InChI=1S/C41H24N2O/c1-2-10-27(11-3-1)43-37-16-8-5-12-28(37)29-19-18-25(22-38(29)43)33-20-26-21-34-30-13-6-9-17-39(30)44-40(34)23-32(26)35-24-42-36-15-7-4-14-31(36)41(33)35/h1-24H. The first-order chi connectivity index (χ1) is 21.8. The van der Waals surface area contributed by atoms with Gasteiger partial charge in [-0.15, -0.1) is 0 Å². The van der Waals surface area contributed by atoms with Gasteiger partial charge in [0.05, 0.1) is 16.6 Å². The van der Waals surface area contributed by atoms with E-state index in [0.717, 1.165) is 49.3 Å². The molecule has 0 amide bonds. The second-order valence-corrected chi connectivity index (χ2v) is 11.6. The van der Waals surface area contributed by atoms with Crippen molar-refractivity contribution < 1.29 is 4.42 Å². The zero-order valence-corrected chi connectivity index (χ0v) is 23.7. The molecule has 0 saturated carbocycles. The second-order valence-electron chi connectivity index (χ2n) is 11.6. The fraction of sp³-hybridized carbons (Fsp3) is 0. The molecule has 0 radical (unpaired) electrons. The van der Waals surface area contributed by atoms with Crippen LogP contribution in [0.1, 0.15) is 0 Å². The molecule has 0 bridgehead atoms. The molecular weight excluding hydrogens is 536 g/mol. The summed E-state index contributed by atoms with van der Waals surface area (Å²) in [4.78, 5) is 4.91. The third kappa shape index (κ3) is 3.24. The number of para-hydroxylation sites is 4. The Kier molecular flexibility index (Phi) is 4.72. The molecule has 0 aliphatic heterocycles. The Morgan fingerprint density at radius 3 is 2.14 bits per heavy atom. The van der Waals surface area contributed by atoms with Crippen LogP contribution in [-0.4, -0.2) is 9.55 Å². The van der Waals surface area contributed by atoms with Gasteiger partial charge in [0, 0.05) is 49.6 Å². The van der Waals surface area contributed by atoms with E-state index in [0.29, 0.717) is 0 Å². The van der Waals surface area contributed by atoms with E-state index in [2.05, 4.69) is 132 Å². The molecule has 7 aromatic carbocycles. The number of benzene rings is 7. The number of hydrogen-bond donors (Lipinski definition) is 0. The monoisotopic (exact) mass is 560 g/mol. The van der Waals surface area contributed by atoms with Gasteiger partial charge < -0.3 is 8.98 Å². The van der Waals surface area contributed by atoms with Gasteiger partial charge in [0.15, 0.2) is 0 Å². The highest BCUT2D eigenvalue weighted by Crippen LogP contribution is 2.43. The van der Waals surface area contributed by atoms with Gasteiger partial charge in [-0.1, -0.05) is 84.9 Å². The average Bonchev–Trinajstić information content (AvgIpc) is 3.62. The molecule has 0 atom stereocenters. The highest BCUT2D eigenvalue weighted by molar-refractivity contribution is 6.25. The number of hydrogen-bond acceptors (Lipinski definition) is 2. The van der Waals surface area contributed by atoms with Crippen LogP contribution in [0.25, 0.3) is 93.0 Å². The lowest BCUT2D eigenvalue weighted by Gasteiger charge is -2.14. The average molecular weight is 561 g/mol. The SMILES string of the molecule is c1ccc(-n2c3ccccc3c3ccc(-c4cc5cc6c(cc5c5cnc7ccccc7c45)oc4ccccc46)cc32)cc1. The Bertz CT molecular complexity index is 2770. The summed E-state index contributed by atoms with van der Waals surface area (Å²) in [7, 11) is 0. The van der Waals surface area contributed by atoms with E-state index >= 15 is 0 Å². The van der Waals surface area contributed by atoms with E-state index in [1.165, 1.54) is 43.7 Å². The minimum atomic E-state index is 0.898. The molecule has 44 heavy (non-hydrogen) atoms. The van der Waals surface area contributed by atoms with Gasteiger partial charge in [0.25, 0.3) is 0 Å². The van der Waals surface area contributed by atoms with Crippen molar-refractivity contribution in [2.24, 2.45) is 0 Å². The van der Waals surface area contributed by atoms with E-state index in [1.807, 2.05) is 18.3 Å². The van der Waals surface area contributed by atoms with Crippen LogP contribution in [0.3, 0.4) is 0 Å². The molecule has 3 nitrogen and oxygen atoms in total. The van der Waals surface area contributed by atoms with Crippen LogP contribution in [0.15, 0.2) is 150 Å². The Labute approximate surface area is 252 Å². The summed E-state index contributed by atoms with van der Waals surface area (Å²) in [6, 6.07) is 49.9. The Hall–Kier alpha value is -5.93. The molecule has 0 spiro atoms. The Morgan fingerprint density at radius 2 is 1.23 bits per heavy atom. The van der Waals surface area contributed by atoms with Gasteiger partial charge in [-0.3, -0.25) is 4.98 Å². The van der Waals surface area contributed by atoms with Crippen molar-refractivity contribution in [3.8, 4) is 16.8 Å². The van der Waals surface area contributed by atoms with Gasteiger partial charge in [0.2, 0.25) is 0 Å². The third-order valence-corrected chi connectivity index (χ3v) is 9.18. The van der Waals surface area contributed by atoms with Crippen LogP contribution in [0.2, 0.25) is 0 Å². The van der Waals surface area contributed by atoms with Crippen LogP contribution < -0.4 is 0 Å². The van der Waals surface area contributed by atoms with Gasteiger partial charge >= 0.3 is 0 Å². The first-order valence-corrected chi connectivity index (χ1v) is 15.0. The van der Waals surface area contributed by atoms with Crippen molar-refractivity contribution in [2.75, 3.05) is 0 Å². The Balaban J connectivity index is 1.35. The molecule has 0 unspecified atom stereocenters. The topological polar surface area (TPSA) is 31.0 Å². The maximum absolute atomic E-state index is 6.32. The summed E-state index contributed by atoms with van der Waals surface area (Å²) in [5, 5.41) is 10.6. The quantitative estimate of drug-likeness (QED) is 0.197. The largest absolute Gasteiger partial charge is 0.456 e. The summed E-state index contributed by atoms with van der Waals surface area (Å²) in [5.41, 5.74) is 8.73. The van der Waals surface area contributed by atoms with Gasteiger partial charge in [-0.05, 0) is 76.5 Å². The lowest BCUT2D eigenvalue weighted by Crippen LogP contribution is -1.93. The number of rotatable bonds is 2. The van der Waals surface area contributed by atoms with E-state index in [1.54, 1.807) is 0 Å². The molecule has 0 saturated heterocycles. The van der Waals surface area contributed by atoms with Crippen molar-refractivity contribution in [3.05, 3.63) is 146 Å². The number of nitrogens with zero attached hydrogens (tertiary/aromatic N) is 2. The lowest BCUT2D eigenvalue weighted by atomic mass is 9.91. The number of pyridine rings is 1. The molecule has 0 aliphatic carbocycles. The number of fused-ring (bicyclic) bond motifs is 11. The highest BCUT2D eigenvalue weighted by Gasteiger charge is 2.18. The predicted octanol–water partition coefficient (Wildman–Crippen LogP) is 11.2. The van der Waals surface area contributed by atoms with Crippen molar-refractivity contribution in [1.82, 2.24) is 9.55 Å². The smallest absolute Gasteiger partial charge is 0.136 e. The number of aromatic nitrogens is 2. The molecule has 0 fully saturated rings. The van der Waals surface area contributed by atoms with Crippen molar-refractivity contribution in [2.45, 2.75) is 0 Å². The van der Waals surface area contributed by atoms with Crippen molar-refractivity contribution in [1.29, 1.82) is 0 Å². The molecule has 3 aromatic heterocycles. The van der Waals surface area contributed by atoms with Gasteiger partial charge in [-0.25, -0.2) is 0 Å². The summed E-state index contributed by atoms with van der Waals surface area (Å²) < 4.78 is 8.71. The highest BCUT2D eigenvalue weighted by atomic mass is 16.3. The third-order valence-electron chi connectivity index (χ3n) is 9.18. The maximum atomic E-state index is 6.32. The Morgan fingerprint density at radius 1 is 0.477 bits per heavy atom. The fourth-order valence-electron chi connectivity index (χ4n) is 7.23. The first-order valence-electron chi connectivity index (χ1n) is 15.0. The molecular formula is C41H24N2O.